The van der Waals surface area contributed by atoms with Gasteiger partial charge in [-0.2, -0.15) is 0 Å². The van der Waals surface area contributed by atoms with Crippen molar-refractivity contribution < 1.29 is 0 Å². The van der Waals surface area contributed by atoms with Gasteiger partial charge in [-0.3, -0.25) is 0 Å². The summed E-state index contributed by atoms with van der Waals surface area (Å²) >= 11 is 0. The SMILES string of the molecule is C=C/C=C(\C=C)c1ccccc1N(c1ccccc1)c1c(C)c2ccc3ccccc3c2c2ccccc12. The van der Waals surface area contributed by atoms with Gasteiger partial charge in [-0.15, -0.1) is 0 Å². The van der Waals surface area contributed by atoms with Gasteiger partial charge in [0, 0.05) is 16.6 Å². The zero-order valence-corrected chi connectivity index (χ0v) is 21.6. The van der Waals surface area contributed by atoms with Gasteiger partial charge < -0.3 is 4.90 Å². The quantitative estimate of drug-likeness (QED) is 0.167. The Morgan fingerprint density at radius 3 is 2.05 bits per heavy atom. The maximum Gasteiger partial charge on any atom is 0.0575 e. The minimum atomic E-state index is 1.03. The van der Waals surface area contributed by atoms with E-state index < -0.39 is 0 Å². The van der Waals surface area contributed by atoms with Crippen molar-refractivity contribution in [3.05, 3.63) is 158 Å². The van der Waals surface area contributed by atoms with Crippen molar-refractivity contribution in [1.82, 2.24) is 0 Å². The molecule has 1 nitrogen and oxygen atoms in total. The van der Waals surface area contributed by atoms with Crippen LogP contribution in [0.4, 0.5) is 17.1 Å². The van der Waals surface area contributed by atoms with Gasteiger partial charge >= 0.3 is 0 Å². The number of para-hydroxylation sites is 2. The lowest BCUT2D eigenvalue weighted by Gasteiger charge is -2.31. The minimum Gasteiger partial charge on any atom is -0.309 e. The average Bonchev–Trinajstić information content (AvgIpc) is 2.98. The number of nitrogens with zero attached hydrogens (tertiary/aromatic N) is 1. The molecule has 1 heteroatoms. The van der Waals surface area contributed by atoms with Gasteiger partial charge in [0.1, 0.15) is 0 Å². The summed E-state index contributed by atoms with van der Waals surface area (Å²) < 4.78 is 0. The number of allylic oxidation sites excluding steroid dienone is 4. The molecule has 0 atom stereocenters. The highest BCUT2D eigenvalue weighted by molar-refractivity contribution is 6.25. The fraction of sp³-hybridized carbons (Fsp3) is 0.0270. The number of rotatable bonds is 6. The lowest BCUT2D eigenvalue weighted by atomic mass is 9.90. The molecule has 0 aliphatic heterocycles. The van der Waals surface area contributed by atoms with Gasteiger partial charge in [0.15, 0.2) is 0 Å². The monoisotopic (exact) mass is 487 g/mol. The van der Waals surface area contributed by atoms with Crippen LogP contribution < -0.4 is 4.90 Å². The smallest absolute Gasteiger partial charge is 0.0575 e. The first-order chi connectivity index (χ1) is 18.7. The number of hydrogen-bond acceptors (Lipinski definition) is 1. The van der Waals surface area contributed by atoms with E-state index in [0.29, 0.717) is 0 Å². The molecule has 0 aromatic heterocycles. The van der Waals surface area contributed by atoms with Gasteiger partial charge in [0.25, 0.3) is 0 Å². The Bertz CT molecular complexity index is 1860. The van der Waals surface area contributed by atoms with Crippen LogP contribution in [0.3, 0.4) is 0 Å². The Balaban J connectivity index is 1.78. The zero-order chi connectivity index (χ0) is 26.1. The standard InChI is InChI=1S/C37H29N/c1-4-15-27(5-2)31-19-13-14-23-35(31)38(29-17-7-6-8-18-29)37-26(3)30-25-24-28-16-9-10-20-32(28)36(30)33-21-11-12-22-34(33)37/h4-25H,1-2H2,3H3/b27-15+. The second kappa shape index (κ2) is 9.88. The summed E-state index contributed by atoms with van der Waals surface area (Å²) in [6, 6.07) is 41.2. The Hall–Kier alpha value is -4.88. The second-order valence-electron chi connectivity index (χ2n) is 9.48. The van der Waals surface area contributed by atoms with Gasteiger partial charge in [-0.25, -0.2) is 0 Å². The first kappa shape index (κ1) is 23.5. The Labute approximate surface area is 224 Å². The highest BCUT2D eigenvalue weighted by Gasteiger charge is 2.23. The van der Waals surface area contributed by atoms with E-state index in [1.165, 1.54) is 43.6 Å². The molecule has 0 fully saturated rings. The van der Waals surface area contributed by atoms with E-state index in [0.717, 1.165) is 22.5 Å². The number of fused-ring (bicyclic) bond motifs is 5. The first-order valence-electron chi connectivity index (χ1n) is 13.0. The average molecular weight is 488 g/mol. The molecule has 0 radical (unpaired) electrons. The molecule has 0 spiro atoms. The van der Waals surface area contributed by atoms with Crippen LogP contribution in [0.1, 0.15) is 11.1 Å². The molecular formula is C37H29N. The molecule has 6 rings (SSSR count). The molecule has 38 heavy (non-hydrogen) atoms. The van der Waals surface area contributed by atoms with E-state index >= 15 is 0 Å². The third-order valence-corrected chi connectivity index (χ3v) is 7.35. The van der Waals surface area contributed by atoms with E-state index in [1.54, 1.807) is 0 Å². The Morgan fingerprint density at radius 1 is 0.632 bits per heavy atom. The molecule has 6 aromatic carbocycles. The molecule has 0 aliphatic carbocycles. The summed E-state index contributed by atoms with van der Waals surface area (Å²) in [6.07, 6.45) is 5.75. The Morgan fingerprint density at radius 2 is 1.29 bits per heavy atom. The number of aryl methyl sites for hydroxylation is 1. The van der Waals surface area contributed by atoms with Crippen molar-refractivity contribution in [2.75, 3.05) is 4.90 Å². The zero-order valence-electron chi connectivity index (χ0n) is 21.6. The maximum atomic E-state index is 4.10. The Kier molecular flexibility index (Phi) is 6.11. The van der Waals surface area contributed by atoms with Crippen molar-refractivity contribution in [2.45, 2.75) is 6.92 Å². The van der Waals surface area contributed by atoms with Crippen molar-refractivity contribution in [3.8, 4) is 0 Å². The summed E-state index contributed by atoms with van der Waals surface area (Å²) in [6.45, 7) is 10.3. The van der Waals surface area contributed by atoms with E-state index in [9.17, 15) is 0 Å². The normalized spacial score (nSPS) is 11.7. The lowest BCUT2D eigenvalue weighted by Crippen LogP contribution is -2.14. The highest BCUT2D eigenvalue weighted by atomic mass is 15.1. The summed E-state index contributed by atoms with van der Waals surface area (Å²) in [7, 11) is 0. The van der Waals surface area contributed by atoms with E-state index in [2.05, 4.69) is 140 Å². The fourth-order valence-corrected chi connectivity index (χ4v) is 5.67. The van der Waals surface area contributed by atoms with Crippen LogP contribution in [-0.2, 0) is 0 Å². The van der Waals surface area contributed by atoms with Crippen LogP contribution >= 0.6 is 0 Å². The topological polar surface area (TPSA) is 3.24 Å². The van der Waals surface area contributed by atoms with Crippen LogP contribution in [0, 0.1) is 6.92 Å². The predicted octanol–water partition coefficient (Wildman–Crippen LogP) is 10.7. The van der Waals surface area contributed by atoms with Gasteiger partial charge in [0.2, 0.25) is 0 Å². The molecule has 6 aromatic rings. The van der Waals surface area contributed by atoms with Crippen molar-refractivity contribution in [2.24, 2.45) is 0 Å². The molecular weight excluding hydrogens is 458 g/mol. The maximum absolute atomic E-state index is 4.10. The van der Waals surface area contributed by atoms with Crippen LogP contribution in [-0.4, -0.2) is 0 Å². The number of anilines is 3. The molecule has 0 saturated carbocycles. The molecule has 0 amide bonds. The number of benzene rings is 6. The minimum absolute atomic E-state index is 1.03. The van der Waals surface area contributed by atoms with Crippen molar-refractivity contribution in [1.29, 1.82) is 0 Å². The third kappa shape index (κ3) is 3.81. The van der Waals surface area contributed by atoms with Gasteiger partial charge in [-0.05, 0) is 63.2 Å². The van der Waals surface area contributed by atoms with E-state index in [1.807, 2.05) is 18.2 Å². The van der Waals surface area contributed by atoms with Crippen molar-refractivity contribution >= 4 is 55.0 Å². The molecule has 0 saturated heterocycles. The molecule has 182 valence electrons. The van der Waals surface area contributed by atoms with E-state index in [-0.39, 0.29) is 0 Å². The predicted molar refractivity (Wildman–Crippen MR) is 167 cm³/mol. The summed E-state index contributed by atoms with van der Waals surface area (Å²) in [5.41, 5.74) is 6.77. The van der Waals surface area contributed by atoms with E-state index in [4.69, 9.17) is 0 Å². The van der Waals surface area contributed by atoms with Crippen LogP contribution in [0.2, 0.25) is 0 Å². The van der Waals surface area contributed by atoms with Crippen LogP contribution in [0.25, 0.3) is 37.9 Å². The summed E-state index contributed by atoms with van der Waals surface area (Å²) in [5.74, 6) is 0. The molecule has 0 unspecified atom stereocenters. The second-order valence-corrected chi connectivity index (χ2v) is 9.48. The summed E-state index contributed by atoms with van der Waals surface area (Å²) in [5, 5.41) is 7.59. The third-order valence-electron chi connectivity index (χ3n) is 7.35. The van der Waals surface area contributed by atoms with Gasteiger partial charge in [0.05, 0.1) is 11.4 Å². The van der Waals surface area contributed by atoms with Crippen molar-refractivity contribution in [3.63, 3.8) is 0 Å². The first-order valence-corrected chi connectivity index (χ1v) is 13.0. The molecule has 0 N–H and O–H groups in total. The highest BCUT2D eigenvalue weighted by Crippen LogP contribution is 2.47. The number of hydrogen-bond donors (Lipinski definition) is 0. The molecule has 0 aliphatic rings. The van der Waals surface area contributed by atoms with Gasteiger partial charge in [-0.1, -0.05) is 128 Å². The van der Waals surface area contributed by atoms with Crippen LogP contribution in [0.5, 0.6) is 0 Å². The fourth-order valence-electron chi connectivity index (χ4n) is 5.67. The molecule has 0 heterocycles. The summed E-state index contributed by atoms with van der Waals surface area (Å²) in [4.78, 5) is 2.40. The lowest BCUT2D eigenvalue weighted by molar-refractivity contribution is 1.27. The van der Waals surface area contributed by atoms with Crippen LogP contribution in [0.15, 0.2) is 147 Å². The largest absolute Gasteiger partial charge is 0.309 e. The molecule has 0 bridgehead atoms.